The Bertz CT molecular complexity index is 342. The van der Waals surface area contributed by atoms with Crippen LogP contribution in [0.5, 0.6) is 0 Å². The molecule has 1 rings (SSSR count). The van der Waals surface area contributed by atoms with E-state index in [9.17, 15) is 9.59 Å². The highest BCUT2D eigenvalue weighted by Crippen LogP contribution is 2.30. The lowest BCUT2D eigenvalue weighted by atomic mass is 9.85. The molecule has 0 bridgehead atoms. The number of carbonyl (C=O) groups excluding carboxylic acids is 1. The number of carbonyl (C=O) groups is 2. The minimum atomic E-state index is -0.937. The normalized spacial score (nSPS) is 20.5. The van der Waals surface area contributed by atoms with Gasteiger partial charge in [-0.15, -0.1) is 0 Å². The van der Waals surface area contributed by atoms with Crippen LogP contribution < -0.4 is 0 Å². The molecule has 0 aliphatic carbocycles. The summed E-state index contributed by atoms with van der Waals surface area (Å²) in [5, 5.41) is 9.12. The first-order chi connectivity index (χ1) is 8.78. The number of rotatable bonds is 3. The van der Waals surface area contributed by atoms with Gasteiger partial charge in [0.1, 0.15) is 6.04 Å². The molecule has 0 radical (unpaired) electrons. The molecular formula is C14H26N2O3. The lowest BCUT2D eigenvalue weighted by Crippen LogP contribution is -2.49. The fourth-order valence-corrected chi connectivity index (χ4v) is 2.58. The summed E-state index contributed by atoms with van der Waals surface area (Å²) in [6, 6.07) is -0.893. The van der Waals surface area contributed by atoms with Crippen LogP contribution in [-0.4, -0.2) is 53.1 Å². The molecule has 0 aromatic carbocycles. The van der Waals surface area contributed by atoms with Crippen LogP contribution in [0.1, 0.15) is 46.5 Å². The van der Waals surface area contributed by atoms with Gasteiger partial charge >= 0.3 is 12.0 Å². The van der Waals surface area contributed by atoms with Gasteiger partial charge in [-0.3, -0.25) is 0 Å². The fourth-order valence-electron chi connectivity index (χ4n) is 2.58. The van der Waals surface area contributed by atoms with Crippen molar-refractivity contribution in [3.05, 3.63) is 0 Å². The molecule has 19 heavy (non-hydrogen) atoms. The van der Waals surface area contributed by atoms with E-state index in [1.54, 1.807) is 18.9 Å². The van der Waals surface area contributed by atoms with Gasteiger partial charge in [-0.1, -0.05) is 20.8 Å². The number of likely N-dealkylation sites (N-methyl/N-ethyl adjacent to an activating group) is 1. The molecule has 1 atom stereocenters. The molecule has 1 saturated heterocycles. The van der Waals surface area contributed by atoms with Crippen LogP contribution in [0.4, 0.5) is 4.79 Å². The standard InChI is InChI=1S/C14H26N2O3/c1-5-11(12(17)18)15(4)13(19)16-9-6-7-14(2,3)8-10-16/h11H,5-10H2,1-4H3,(H,17,18). The maximum atomic E-state index is 12.4. The molecule has 1 unspecified atom stereocenters. The van der Waals surface area contributed by atoms with Crippen LogP contribution >= 0.6 is 0 Å². The number of carboxylic acids is 1. The number of hydrogen-bond donors (Lipinski definition) is 1. The highest BCUT2D eigenvalue weighted by Gasteiger charge is 2.31. The van der Waals surface area contributed by atoms with Crippen LogP contribution in [0, 0.1) is 5.41 Å². The summed E-state index contributed by atoms with van der Waals surface area (Å²) >= 11 is 0. The Balaban J connectivity index is 2.69. The van der Waals surface area contributed by atoms with Crippen LogP contribution in [-0.2, 0) is 4.79 Å². The van der Waals surface area contributed by atoms with Crippen LogP contribution in [0.25, 0.3) is 0 Å². The summed E-state index contributed by atoms with van der Waals surface area (Å²) in [5.41, 5.74) is 0.268. The lowest BCUT2D eigenvalue weighted by Gasteiger charge is -2.31. The second kappa shape index (κ2) is 6.26. The van der Waals surface area contributed by atoms with E-state index in [1.165, 1.54) is 4.90 Å². The van der Waals surface area contributed by atoms with Gasteiger partial charge in [0.05, 0.1) is 0 Å². The Hall–Kier alpha value is -1.26. The third-order valence-electron chi connectivity index (χ3n) is 4.05. The molecule has 0 saturated carbocycles. The van der Waals surface area contributed by atoms with Crippen molar-refractivity contribution in [2.24, 2.45) is 5.41 Å². The third-order valence-corrected chi connectivity index (χ3v) is 4.05. The van der Waals surface area contributed by atoms with E-state index in [0.29, 0.717) is 13.0 Å². The first-order valence-corrected chi connectivity index (χ1v) is 7.03. The topological polar surface area (TPSA) is 60.9 Å². The van der Waals surface area contributed by atoms with Gasteiger partial charge in [0.2, 0.25) is 0 Å². The fraction of sp³-hybridized carbons (Fsp3) is 0.857. The van der Waals surface area contributed by atoms with Gasteiger partial charge < -0.3 is 14.9 Å². The number of urea groups is 1. The number of likely N-dealkylation sites (tertiary alicyclic amines) is 1. The highest BCUT2D eigenvalue weighted by molar-refractivity contribution is 5.82. The van der Waals surface area contributed by atoms with Crippen molar-refractivity contribution in [2.75, 3.05) is 20.1 Å². The van der Waals surface area contributed by atoms with Gasteiger partial charge in [0.25, 0.3) is 0 Å². The number of hydrogen-bond acceptors (Lipinski definition) is 2. The minimum Gasteiger partial charge on any atom is -0.480 e. The molecule has 1 aliphatic heterocycles. The molecular weight excluding hydrogens is 244 g/mol. The van der Waals surface area contributed by atoms with Crippen LogP contribution in [0.2, 0.25) is 0 Å². The average Bonchev–Trinajstić information content (AvgIpc) is 2.49. The van der Waals surface area contributed by atoms with Gasteiger partial charge in [-0.2, -0.15) is 0 Å². The van der Waals surface area contributed by atoms with E-state index >= 15 is 0 Å². The molecule has 110 valence electrons. The summed E-state index contributed by atoms with van der Waals surface area (Å²) in [5.74, 6) is -0.937. The Morgan fingerprint density at radius 2 is 1.95 bits per heavy atom. The van der Waals surface area contributed by atoms with E-state index in [2.05, 4.69) is 13.8 Å². The molecule has 5 heteroatoms. The third kappa shape index (κ3) is 4.11. The van der Waals surface area contributed by atoms with Crippen molar-refractivity contribution in [1.82, 2.24) is 9.80 Å². The summed E-state index contributed by atoms with van der Waals surface area (Å²) in [6.07, 6.45) is 3.49. The van der Waals surface area contributed by atoms with E-state index in [0.717, 1.165) is 25.8 Å². The summed E-state index contributed by atoms with van der Waals surface area (Å²) < 4.78 is 0. The second-order valence-corrected chi connectivity index (χ2v) is 6.16. The van der Waals surface area contributed by atoms with Gasteiger partial charge in [-0.25, -0.2) is 9.59 Å². The first-order valence-electron chi connectivity index (χ1n) is 7.03. The van der Waals surface area contributed by atoms with Crippen LogP contribution in [0.15, 0.2) is 0 Å². The van der Waals surface area contributed by atoms with Crippen molar-refractivity contribution in [3.8, 4) is 0 Å². The molecule has 1 N–H and O–H groups in total. The Morgan fingerprint density at radius 1 is 1.32 bits per heavy atom. The molecule has 5 nitrogen and oxygen atoms in total. The summed E-state index contributed by atoms with van der Waals surface area (Å²) in [4.78, 5) is 26.6. The summed E-state index contributed by atoms with van der Waals surface area (Å²) in [7, 11) is 1.58. The SMILES string of the molecule is CCC(C(=O)O)N(C)C(=O)N1CCCC(C)(C)CC1. The molecule has 1 heterocycles. The smallest absolute Gasteiger partial charge is 0.326 e. The number of nitrogens with zero attached hydrogens (tertiary/aromatic N) is 2. The first kappa shape index (κ1) is 15.8. The second-order valence-electron chi connectivity index (χ2n) is 6.16. The van der Waals surface area contributed by atoms with E-state index in [-0.39, 0.29) is 11.4 Å². The van der Waals surface area contributed by atoms with Gasteiger partial charge in [-0.05, 0) is 31.1 Å². The van der Waals surface area contributed by atoms with E-state index in [4.69, 9.17) is 5.11 Å². The largest absolute Gasteiger partial charge is 0.480 e. The van der Waals surface area contributed by atoms with E-state index in [1.807, 2.05) is 0 Å². The van der Waals surface area contributed by atoms with Crippen LogP contribution in [0.3, 0.4) is 0 Å². The maximum absolute atomic E-state index is 12.4. The molecule has 0 aromatic heterocycles. The number of carboxylic acid groups (broad SMARTS) is 1. The number of aliphatic carboxylic acids is 1. The molecule has 0 aromatic rings. The monoisotopic (exact) mass is 270 g/mol. The molecule has 0 spiro atoms. The molecule has 1 fully saturated rings. The van der Waals surface area contributed by atoms with Gasteiger partial charge in [0.15, 0.2) is 0 Å². The summed E-state index contributed by atoms with van der Waals surface area (Å²) in [6.45, 7) is 7.66. The quantitative estimate of drug-likeness (QED) is 0.856. The Kier molecular flexibility index (Phi) is 5.20. The predicted octanol–water partition coefficient (Wildman–Crippen LogP) is 2.41. The zero-order valence-corrected chi connectivity index (χ0v) is 12.5. The zero-order valence-electron chi connectivity index (χ0n) is 12.5. The molecule has 1 aliphatic rings. The minimum absolute atomic E-state index is 0.160. The maximum Gasteiger partial charge on any atom is 0.326 e. The Morgan fingerprint density at radius 3 is 2.47 bits per heavy atom. The van der Waals surface area contributed by atoms with E-state index < -0.39 is 12.0 Å². The van der Waals surface area contributed by atoms with Crippen molar-refractivity contribution in [1.29, 1.82) is 0 Å². The van der Waals surface area contributed by atoms with Crippen molar-refractivity contribution < 1.29 is 14.7 Å². The number of amides is 2. The zero-order chi connectivity index (χ0) is 14.6. The molecule has 2 amide bonds. The highest BCUT2D eigenvalue weighted by atomic mass is 16.4. The predicted molar refractivity (Wildman–Crippen MR) is 74.1 cm³/mol. The Labute approximate surface area is 115 Å². The van der Waals surface area contributed by atoms with Crippen molar-refractivity contribution >= 4 is 12.0 Å². The average molecular weight is 270 g/mol. The van der Waals surface area contributed by atoms with Crippen molar-refractivity contribution in [3.63, 3.8) is 0 Å². The van der Waals surface area contributed by atoms with Gasteiger partial charge in [0, 0.05) is 20.1 Å². The lowest BCUT2D eigenvalue weighted by molar-refractivity contribution is -0.142. The van der Waals surface area contributed by atoms with Crippen molar-refractivity contribution in [2.45, 2.75) is 52.5 Å².